The average Bonchev–Trinajstić information content (AvgIpc) is 2.97. The van der Waals surface area contributed by atoms with Crippen molar-refractivity contribution in [2.45, 2.75) is 30.0 Å². The van der Waals surface area contributed by atoms with E-state index in [0.29, 0.717) is 25.0 Å². The number of anilines is 1. The molecule has 0 amide bonds. The molecule has 0 heterocycles. The first-order chi connectivity index (χ1) is 10.9. The minimum Gasteiger partial charge on any atom is -0.478 e. The van der Waals surface area contributed by atoms with Gasteiger partial charge in [-0.25, -0.2) is 18.4 Å². The van der Waals surface area contributed by atoms with Crippen molar-refractivity contribution in [1.82, 2.24) is 0 Å². The second-order valence-corrected chi connectivity index (χ2v) is 6.95. The SMILES string of the molecule is CN(c1cc(C(F)(F)F)c(S(N)(=O)=O)cc1C(=O)O)C1CC=CC1. The number of carboxylic acid groups (broad SMARTS) is 1. The second-order valence-electron chi connectivity index (χ2n) is 5.42. The fourth-order valence-corrected chi connectivity index (χ4v) is 3.37. The summed E-state index contributed by atoms with van der Waals surface area (Å²) in [5.41, 5.74) is -2.25. The molecule has 0 radical (unpaired) electrons. The molecule has 0 bridgehead atoms. The van der Waals surface area contributed by atoms with Gasteiger partial charge in [0.15, 0.2) is 0 Å². The van der Waals surface area contributed by atoms with Crippen LogP contribution in [-0.4, -0.2) is 32.6 Å². The molecule has 0 aromatic heterocycles. The first-order valence-corrected chi connectivity index (χ1v) is 8.36. The van der Waals surface area contributed by atoms with Crippen molar-refractivity contribution < 1.29 is 31.5 Å². The Labute approximate surface area is 136 Å². The fourth-order valence-electron chi connectivity index (χ4n) is 2.60. The Balaban J connectivity index is 2.72. The Morgan fingerprint density at radius 3 is 2.25 bits per heavy atom. The highest BCUT2D eigenvalue weighted by molar-refractivity contribution is 7.89. The summed E-state index contributed by atoms with van der Waals surface area (Å²) in [5, 5.41) is 14.1. The molecule has 132 valence electrons. The van der Waals surface area contributed by atoms with Crippen LogP contribution < -0.4 is 10.0 Å². The zero-order valence-corrected chi connectivity index (χ0v) is 13.4. The van der Waals surface area contributed by atoms with Gasteiger partial charge in [0.05, 0.1) is 21.7 Å². The van der Waals surface area contributed by atoms with Crippen molar-refractivity contribution >= 4 is 21.7 Å². The number of nitrogens with two attached hydrogens (primary N) is 1. The molecule has 0 fully saturated rings. The summed E-state index contributed by atoms with van der Waals surface area (Å²) < 4.78 is 62.6. The topological polar surface area (TPSA) is 101 Å². The number of nitrogens with zero attached hydrogens (tertiary/aromatic N) is 1. The van der Waals surface area contributed by atoms with Gasteiger partial charge in [-0.1, -0.05) is 12.2 Å². The van der Waals surface area contributed by atoms with E-state index in [9.17, 15) is 31.5 Å². The highest BCUT2D eigenvalue weighted by atomic mass is 32.2. The summed E-state index contributed by atoms with van der Waals surface area (Å²) in [6.07, 6.45) is -0.222. The third-order valence-electron chi connectivity index (χ3n) is 3.85. The van der Waals surface area contributed by atoms with Gasteiger partial charge in [0.2, 0.25) is 10.0 Å². The zero-order chi connectivity index (χ0) is 18.3. The van der Waals surface area contributed by atoms with Crippen LogP contribution in [0.3, 0.4) is 0 Å². The van der Waals surface area contributed by atoms with E-state index in [1.807, 2.05) is 12.2 Å². The molecule has 10 heteroatoms. The fraction of sp³-hybridized carbons (Fsp3) is 0.357. The first-order valence-electron chi connectivity index (χ1n) is 6.82. The Kier molecular flexibility index (Phi) is 4.64. The van der Waals surface area contributed by atoms with Crippen molar-refractivity contribution in [3.05, 3.63) is 35.4 Å². The van der Waals surface area contributed by atoms with E-state index < -0.39 is 38.2 Å². The Morgan fingerprint density at radius 1 is 1.29 bits per heavy atom. The van der Waals surface area contributed by atoms with Gasteiger partial charge < -0.3 is 10.0 Å². The van der Waals surface area contributed by atoms with E-state index >= 15 is 0 Å². The van der Waals surface area contributed by atoms with Crippen molar-refractivity contribution in [1.29, 1.82) is 0 Å². The maximum atomic E-state index is 13.2. The number of alkyl halides is 3. The number of sulfonamides is 1. The van der Waals surface area contributed by atoms with Crippen LogP contribution in [0.15, 0.2) is 29.2 Å². The van der Waals surface area contributed by atoms with E-state index in [1.165, 1.54) is 11.9 Å². The molecule has 1 aromatic carbocycles. The predicted molar refractivity (Wildman–Crippen MR) is 80.3 cm³/mol. The molecule has 6 nitrogen and oxygen atoms in total. The quantitative estimate of drug-likeness (QED) is 0.798. The lowest BCUT2D eigenvalue weighted by Crippen LogP contribution is -2.31. The van der Waals surface area contributed by atoms with E-state index in [-0.39, 0.29) is 11.7 Å². The number of aromatic carboxylic acids is 1. The van der Waals surface area contributed by atoms with Gasteiger partial charge in [-0.05, 0) is 25.0 Å². The monoisotopic (exact) mass is 364 g/mol. The van der Waals surface area contributed by atoms with E-state index in [2.05, 4.69) is 0 Å². The molecule has 1 aliphatic carbocycles. The van der Waals surface area contributed by atoms with Crippen LogP contribution in [0, 0.1) is 0 Å². The van der Waals surface area contributed by atoms with Crippen LogP contribution >= 0.6 is 0 Å². The molecule has 1 aliphatic rings. The number of rotatable bonds is 4. The molecule has 0 saturated heterocycles. The van der Waals surface area contributed by atoms with Crippen LogP contribution in [0.1, 0.15) is 28.8 Å². The summed E-state index contributed by atoms with van der Waals surface area (Å²) in [4.78, 5) is 11.6. The van der Waals surface area contributed by atoms with E-state index in [4.69, 9.17) is 5.14 Å². The molecule has 3 N–H and O–H groups in total. The number of primary sulfonamides is 1. The summed E-state index contributed by atoms with van der Waals surface area (Å²) in [5.74, 6) is -1.54. The maximum absolute atomic E-state index is 13.2. The van der Waals surface area contributed by atoms with Gasteiger partial charge in [0, 0.05) is 13.1 Å². The molecular weight excluding hydrogens is 349 g/mol. The molecule has 0 atom stereocenters. The Bertz CT molecular complexity index is 795. The van der Waals surface area contributed by atoms with Crippen LogP contribution in [0.4, 0.5) is 18.9 Å². The zero-order valence-electron chi connectivity index (χ0n) is 12.5. The number of halogens is 3. The Morgan fingerprint density at radius 2 is 1.83 bits per heavy atom. The summed E-state index contributed by atoms with van der Waals surface area (Å²) in [7, 11) is -3.28. The van der Waals surface area contributed by atoms with Gasteiger partial charge in [-0.2, -0.15) is 13.2 Å². The standard InChI is InChI=1S/C14H15F3N2O4S/c1-19(8-4-2-3-5-8)11-7-10(14(15,16)17)12(24(18,22)23)6-9(11)13(20)21/h2-3,6-8H,4-5H2,1H3,(H,20,21)(H2,18,22,23). The number of hydrogen-bond acceptors (Lipinski definition) is 4. The van der Waals surface area contributed by atoms with Gasteiger partial charge in [-0.3, -0.25) is 0 Å². The van der Waals surface area contributed by atoms with Crippen molar-refractivity contribution in [2.75, 3.05) is 11.9 Å². The molecule has 1 aromatic rings. The van der Waals surface area contributed by atoms with Crippen LogP contribution in [0.5, 0.6) is 0 Å². The number of benzene rings is 1. The largest absolute Gasteiger partial charge is 0.478 e. The average molecular weight is 364 g/mol. The third kappa shape index (κ3) is 3.54. The smallest absolute Gasteiger partial charge is 0.417 e. The Hall–Kier alpha value is -2.07. The molecule has 2 rings (SSSR count). The number of carbonyl (C=O) groups is 1. The molecule has 24 heavy (non-hydrogen) atoms. The summed E-state index contributed by atoms with van der Waals surface area (Å²) in [6, 6.07) is 0.792. The molecule has 0 saturated carbocycles. The normalized spacial score (nSPS) is 15.7. The second kappa shape index (κ2) is 6.10. The molecule has 0 unspecified atom stereocenters. The van der Waals surface area contributed by atoms with E-state index in [1.54, 1.807) is 0 Å². The molecule has 0 spiro atoms. The molecule has 0 aliphatic heterocycles. The highest BCUT2D eigenvalue weighted by Crippen LogP contribution is 2.39. The minimum absolute atomic E-state index is 0.204. The third-order valence-corrected chi connectivity index (χ3v) is 4.80. The van der Waals surface area contributed by atoms with Gasteiger partial charge in [0.1, 0.15) is 0 Å². The highest BCUT2D eigenvalue weighted by Gasteiger charge is 2.39. The minimum atomic E-state index is -5.00. The van der Waals surface area contributed by atoms with Gasteiger partial charge in [0.25, 0.3) is 0 Å². The van der Waals surface area contributed by atoms with Crippen LogP contribution in [-0.2, 0) is 16.2 Å². The lowest BCUT2D eigenvalue weighted by Gasteiger charge is -2.29. The summed E-state index contributed by atoms with van der Waals surface area (Å²) >= 11 is 0. The first kappa shape index (κ1) is 18.3. The van der Waals surface area contributed by atoms with Crippen LogP contribution in [0.25, 0.3) is 0 Å². The number of carboxylic acids is 1. The van der Waals surface area contributed by atoms with Gasteiger partial charge in [-0.15, -0.1) is 0 Å². The van der Waals surface area contributed by atoms with Crippen molar-refractivity contribution in [3.8, 4) is 0 Å². The van der Waals surface area contributed by atoms with E-state index in [0.717, 1.165) is 0 Å². The van der Waals surface area contributed by atoms with Crippen LogP contribution in [0.2, 0.25) is 0 Å². The maximum Gasteiger partial charge on any atom is 0.417 e. The predicted octanol–water partition coefficient (Wildman–Crippen LogP) is 2.21. The molecular formula is C14H15F3N2O4S. The summed E-state index contributed by atoms with van der Waals surface area (Å²) in [6.45, 7) is 0. The van der Waals surface area contributed by atoms with Crippen molar-refractivity contribution in [2.24, 2.45) is 5.14 Å². The lowest BCUT2D eigenvalue weighted by atomic mass is 10.1. The number of hydrogen-bond donors (Lipinski definition) is 2. The lowest BCUT2D eigenvalue weighted by molar-refractivity contribution is -0.139. The van der Waals surface area contributed by atoms with Gasteiger partial charge >= 0.3 is 12.1 Å². The van der Waals surface area contributed by atoms with Crippen molar-refractivity contribution in [3.63, 3.8) is 0 Å².